The fraction of sp³-hybridized carbons (Fsp3) is 0.500. The van der Waals surface area contributed by atoms with Gasteiger partial charge in [-0.3, -0.25) is 0 Å². The van der Waals surface area contributed by atoms with Gasteiger partial charge in [0.05, 0.1) is 11.2 Å². The topological polar surface area (TPSA) is 18.5 Å². The third-order valence-corrected chi connectivity index (χ3v) is 5.13. The third-order valence-electron chi connectivity index (χ3n) is 4.36. The molecule has 0 radical (unpaired) electrons. The second-order valence-electron chi connectivity index (χ2n) is 6.59. The van der Waals surface area contributed by atoms with Crippen molar-refractivity contribution < 1.29 is 13.7 Å². The first kappa shape index (κ1) is 17.9. The second kappa shape index (κ2) is 6.19. The van der Waals surface area contributed by atoms with Gasteiger partial charge in [0.15, 0.2) is 0 Å². The number of hydrogen-bond donors (Lipinski definition) is 1. The predicted molar refractivity (Wildman–Crippen MR) is 94.1 cm³/mol. The van der Waals surface area contributed by atoms with E-state index < -0.39 is 18.3 Å². The van der Waals surface area contributed by atoms with Gasteiger partial charge in [0.1, 0.15) is 5.82 Å². The van der Waals surface area contributed by atoms with Crippen molar-refractivity contribution in [2.45, 2.75) is 45.8 Å². The van der Waals surface area contributed by atoms with Crippen molar-refractivity contribution in [1.82, 2.24) is 0 Å². The molecule has 0 amide bonds. The molecule has 0 N–H and O–H groups in total. The Balaban J connectivity index is 2.36. The molecule has 0 saturated carbocycles. The van der Waals surface area contributed by atoms with E-state index in [0.29, 0.717) is 16.3 Å². The minimum absolute atomic E-state index is 0.369. The standard InChI is InChI=1S/C16H21BClFO2S/c1-10-6-11(14(19)8-13(10)18)7-12(9-22)17-20-15(2,3)16(4,5)21-17/h6-8,22H,9H2,1-5H3. The van der Waals surface area contributed by atoms with Crippen LogP contribution in [0.5, 0.6) is 0 Å². The second-order valence-corrected chi connectivity index (χ2v) is 7.31. The quantitative estimate of drug-likeness (QED) is 0.632. The largest absolute Gasteiger partial charge is 0.491 e. The van der Waals surface area contributed by atoms with Crippen LogP contribution >= 0.6 is 24.2 Å². The SMILES string of the molecule is Cc1cc(C=C(CS)B2OC(C)(C)C(C)(C)O2)c(F)cc1Cl. The molecule has 0 spiro atoms. The molecule has 22 heavy (non-hydrogen) atoms. The Morgan fingerprint density at radius 3 is 2.32 bits per heavy atom. The molecule has 6 heteroatoms. The summed E-state index contributed by atoms with van der Waals surface area (Å²) in [4.78, 5) is 0. The fourth-order valence-electron chi connectivity index (χ4n) is 2.17. The van der Waals surface area contributed by atoms with Crippen LogP contribution in [0.15, 0.2) is 17.6 Å². The summed E-state index contributed by atoms with van der Waals surface area (Å²) in [6.45, 7) is 9.77. The zero-order chi connectivity index (χ0) is 16.7. The molecule has 2 nitrogen and oxygen atoms in total. The van der Waals surface area contributed by atoms with Crippen LogP contribution in [0, 0.1) is 12.7 Å². The molecular weight excluding hydrogens is 322 g/mol. The van der Waals surface area contributed by atoms with Crippen molar-refractivity contribution in [3.05, 3.63) is 39.6 Å². The average molecular weight is 343 g/mol. The molecule has 1 aliphatic rings. The lowest BCUT2D eigenvalue weighted by Crippen LogP contribution is -2.41. The highest BCUT2D eigenvalue weighted by Gasteiger charge is 2.52. The van der Waals surface area contributed by atoms with Gasteiger partial charge in [0, 0.05) is 16.3 Å². The molecule has 1 aromatic rings. The normalized spacial score (nSPS) is 20.5. The molecule has 0 bridgehead atoms. The van der Waals surface area contributed by atoms with E-state index in [9.17, 15) is 4.39 Å². The van der Waals surface area contributed by atoms with Gasteiger partial charge in [0.2, 0.25) is 0 Å². The monoisotopic (exact) mass is 342 g/mol. The maximum absolute atomic E-state index is 14.1. The van der Waals surface area contributed by atoms with E-state index in [4.69, 9.17) is 20.9 Å². The van der Waals surface area contributed by atoms with Gasteiger partial charge in [-0.25, -0.2) is 4.39 Å². The Labute approximate surface area is 142 Å². The van der Waals surface area contributed by atoms with Crippen LogP contribution in [-0.4, -0.2) is 24.1 Å². The van der Waals surface area contributed by atoms with Gasteiger partial charge in [-0.1, -0.05) is 17.7 Å². The van der Waals surface area contributed by atoms with Crippen molar-refractivity contribution in [3.63, 3.8) is 0 Å². The first-order chi connectivity index (χ1) is 10.1. The lowest BCUT2D eigenvalue weighted by Gasteiger charge is -2.32. The van der Waals surface area contributed by atoms with Crippen LogP contribution < -0.4 is 0 Å². The van der Waals surface area contributed by atoms with Crippen LogP contribution in [-0.2, 0) is 9.31 Å². The molecular formula is C16H21BClFO2S. The fourth-order valence-corrected chi connectivity index (χ4v) is 2.56. The molecule has 1 aliphatic heterocycles. The molecule has 0 atom stereocenters. The minimum atomic E-state index is -0.530. The molecule has 1 saturated heterocycles. The zero-order valence-corrected chi connectivity index (χ0v) is 15.2. The third kappa shape index (κ3) is 3.38. The summed E-state index contributed by atoms with van der Waals surface area (Å²) in [6, 6.07) is 3.04. The highest BCUT2D eigenvalue weighted by molar-refractivity contribution is 7.80. The lowest BCUT2D eigenvalue weighted by atomic mass is 9.78. The van der Waals surface area contributed by atoms with Gasteiger partial charge >= 0.3 is 7.12 Å². The van der Waals surface area contributed by atoms with Crippen molar-refractivity contribution in [3.8, 4) is 0 Å². The van der Waals surface area contributed by atoms with Crippen molar-refractivity contribution in [1.29, 1.82) is 0 Å². The summed E-state index contributed by atoms with van der Waals surface area (Å²) in [7, 11) is -0.530. The summed E-state index contributed by atoms with van der Waals surface area (Å²) < 4.78 is 26.1. The van der Waals surface area contributed by atoms with E-state index in [2.05, 4.69) is 12.6 Å². The smallest absolute Gasteiger partial charge is 0.400 e. The zero-order valence-electron chi connectivity index (χ0n) is 13.5. The first-order valence-electron chi connectivity index (χ1n) is 7.20. The summed E-state index contributed by atoms with van der Waals surface area (Å²) in [5.74, 6) is 0.0456. The molecule has 0 unspecified atom stereocenters. The molecule has 2 rings (SSSR count). The Morgan fingerprint density at radius 2 is 1.82 bits per heavy atom. The van der Waals surface area contributed by atoms with Crippen LogP contribution in [0.2, 0.25) is 5.02 Å². The van der Waals surface area contributed by atoms with Crippen molar-refractivity contribution in [2.24, 2.45) is 0 Å². The highest BCUT2D eigenvalue weighted by Crippen LogP contribution is 2.39. The van der Waals surface area contributed by atoms with Crippen LogP contribution in [0.25, 0.3) is 6.08 Å². The van der Waals surface area contributed by atoms with Gasteiger partial charge in [-0.2, -0.15) is 12.6 Å². The van der Waals surface area contributed by atoms with Gasteiger partial charge in [-0.05, 0) is 57.8 Å². The predicted octanol–water partition coefficient (Wildman–Crippen LogP) is 4.73. The van der Waals surface area contributed by atoms with E-state index in [0.717, 1.165) is 11.0 Å². The molecule has 1 heterocycles. The molecule has 1 fully saturated rings. The Kier molecular flexibility index (Phi) is 5.03. The first-order valence-corrected chi connectivity index (χ1v) is 8.21. The Hall–Kier alpha value is -0.485. The van der Waals surface area contributed by atoms with E-state index in [-0.39, 0.29) is 5.82 Å². The van der Waals surface area contributed by atoms with E-state index in [1.807, 2.05) is 34.6 Å². The van der Waals surface area contributed by atoms with E-state index in [1.165, 1.54) is 6.07 Å². The van der Waals surface area contributed by atoms with E-state index in [1.54, 1.807) is 12.1 Å². The molecule has 0 aromatic heterocycles. The van der Waals surface area contributed by atoms with Gasteiger partial charge < -0.3 is 9.31 Å². The van der Waals surface area contributed by atoms with E-state index >= 15 is 0 Å². The number of halogens is 2. The maximum atomic E-state index is 14.1. The van der Waals surface area contributed by atoms with Crippen LogP contribution in [0.1, 0.15) is 38.8 Å². The van der Waals surface area contributed by atoms with Crippen LogP contribution in [0.3, 0.4) is 0 Å². The maximum Gasteiger partial charge on any atom is 0.491 e. The summed E-state index contributed by atoms with van der Waals surface area (Å²) in [5.41, 5.74) is 1.19. The lowest BCUT2D eigenvalue weighted by molar-refractivity contribution is 0.00578. The number of aryl methyl sites for hydroxylation is 1. The molecule has 0 aliphatic carbocycles. The average Bonchev–Trinajstić information content (AvgIpc) is 2.61. The van der Waals surface area contributed by atoms with Crippen molar-refractivity contribution >= 4 is 37.4 Å². The van der Waals surface area contributed by atoms with Crippen LogP contribution in [0.4, 0.5) is 4.39 Å². The van der Waals surface area contributed by atoms with Gasteiger partial charge in [-0.15, -0.1) is 0 Å². The minimum Gasteiger partial charge on any atom is -0.400 e. The number of benzene rings is 1. The number of thiol groups is 1. The number of hydrogen-bond acceptors (Lipinski definition) is 3. The Morgan fingerprint density at radius 1 is 1.27 bits per heavy atom. The molecule has 1 aromatic carbocycles. The number of rotatable bonds is 3. The highest BCUT2D eigenvalue weighted by atomic mass is 35.5. The molecule has 120 valence electrons. The summed E-state index contributed by atoms with van der Waals surface area (Å²) >= 11 is 10.3. The summed E-state index contributed by atoms with van der Waals surface area (Å²) in [6.07, 6.45) is 1.73. The Bertz CT molecular complexity index is 600. The summed E-state index contributed by atoms with van der Waals surface area (Å²) in [5, 5.41) is 0.415. The van der Waals surface area contributed by atoms with Crippen molar-refractivity contribution in [2.75, 3.05) is 5.75 Å². The van der Waals surface area contributed by atoms with Gasteiger partial charge in [0.25, 0.3) is 0 Å².